The Balaban J connectivity index is 1.59. The maximum atomic E-state index is 6.27. The standard InChI is InChI=1S/C24H24BrClO/c1-24(2,19-13-14-22(25)23(26)17-19)15-7-9-18-8-6-12-21(16-18)27-20-10-4-3-5-11-20/h3-6,8,10-14,16-17H,7,9,15H2,1-2H3. The van der Waals surface area contributed by atoms with Crippen LogP contribution in [0.5, 0.6) is 11.5 Å². The first-order chi connectivity index (χ1) is 12.9. The second-order valence-corrected chi connectivity index (χ2v) is 8.69. The Morgan fingerprint density at radius 1 is 0.889 bits per heavy atom. The summed E-state index contributed by atoms with van der Waals surface area (Å²) in [6.07, 6.45) is 3.23. The molecule has 1 nitrogen and oxygen atoms in total. The van der Waals surface area contributed by atoms with Crippen molar-refractivity contribution in [3.63, 3.8) is 0 Å². The average molecular weight is 444 g/mol. The predicted molar refractivity (Wildman–Crippen MR) is 118 cm³/mol. The molecule has 3 aromatic carbocycles. The number of hydrogen-bond acceptors (Lipinski definition) is 1. The van der Waals surface area contributed by atoms with E-state index in [0.29, 0.717) is 0 Å². The second-order valence-electron chi connectivity index (χ2n) is 7.43. The van der Waals surface area contributed by atoms with Crippen molar-refractivity contribution < 1.29 is 4.74 Å². The lowest BCUT2D eigenvalue weighted by molar-refractivity contribution is 0.460. The molecule has 0 aromatic heterocycles. The van der Waals surface area contributed by atoms with E-state index in [1.165, 1.54) is 11.1 Å². The lowest BCUT2D eigenvalue weighted by atomic mass is 9.80. The molecule has 0 atom stereocenters. The van der Waals surface area contributed by atoms with E-state index in [-0.39, 0.29) is 5.41 Å². The lowest BCUT2D eigenvalue weighted by Gasteiger charge is -2.26. The first-order valence-electron chi connectivity index (χ1n) is 9.21. The van der Waals surface area contributed by atoms with Gasteiger partial charge in [-0.25, -0.2) is 0 Å². The van der Waals surface area contributed by atoms with Crippen LogP contribution < -0.4 is 4.74 Å². The number of para-hydroxylation sites is 1. The molecule has 0 amide bonds. The normalized spacial score (nSPS) is 11.4. The molecule has 140 valence electrons. The van der Waals surface area contributed by atoms with Gasteiger partial charge in [-0.15, -0.1) is 0 Å². The first kappa shape index (κ1) is 20.0. The molecule has 0 aliphatic rings. The highest BCUT2D eigenvalue weighted by Crippen LogP contribution is 2.33. The van der Waals surface area contributed by atoms with Crippen LogP contribution in [0.3, 0.4) is 0 Å². The minimum absolute atomic E-state index is 0.0858. The van der Waals surface area contributed by atoms with E-state index in [2.05, 4.69) is 60.1 Å². The number of rotatable bonds is 7. The number of aryl methyl sites for hydroxylation is 1. The molecule has 27 heavy (non-hydrogen) atoms. The molecule has 0 bridgehead atoms. The fourth-order valence-corrected chi connectivity index (χ4v) is 3.61. The van der Waals surface area contributed by atoms with E-state index in [0.717, 1.165) is 40.3 Å². The van der Waals surface area contributed by atoms with Gasteiger partial charge in [-0.3, -0.25) is 0 Å². The van der Waals surface area contributed by atoms with Crippen LogP contribution >= 0.6 is 27.5 Å². The van der Waals surface area contributed by atoms with Gasteiger partial charge in [-0.05, 0) is 88.1 Å². The maximum Gasteiger partial charge on any atom is 0.127 e. The van der Waals surface area contributed by atoms with Gasteiger partial charge in [-0.2, -0.15) is 0 Å². The van der Waals surface area contributed by atoms with Crippen LogP contribution in [0.2, 0.25) is 5.02 Å². The van der Waals surface area contributed by atoms with Crippen LogP contribution in [-0.2, 0) is 11.8 Å². The quantitative estimate of drug-likeness (QED) is 0.357. The van der Waals surface area contributed by atoms with Gasteiger partial charge < -0.3 is 4.74 Å². The van der Waals surface area contributed by atoms with Crippen molar-refractivity contribution >= 4 is 27.5 Å². The molecule has 3 rings (SSSR count). The molecule has 0 aliphatic heterocycles. The summed E-state index contributed by atoms with van der Waals surface area (Å²) in [7, 11) is 0. The highest BCUT2D eigenvalue weighted by molar-refractivity contribution is 9.10. The van der Waals surface area contributed by atoms with E-state index in [1.807, 2.05) is 42.5 Å². The molecular weight excluding hydrogens is 420 g/mol. The van der Waals surface area contributed by atoms with Gasteiger partial charge in [0.25, 0.3) is 0 Å². The molecule has 0 aliphatic carbocycles. The van der Waals surface area contributed by atoms with Crippen molar-refractivity contribution in [1.29, 1.82) is 0 Å². The zero-order valence-electron chi connectivity index (χ0n) is 15.7. The van der Waals surface area contributed by atoms with E-state index >= 15 is 0 Å². The Morgan fingerprint density at radius 3 is 2.37 bits per heavy atom. The Labute approximate surface area is 175 Å². The number of ether oxygens (including phenoxy) is 1. The van der Waals surface area contributed by atoms with Gasteiger partial charge in [0.05, 0.1) is 5.02 Å². The molecule has 0 radical (unpaired) electrons. The number of hydrogen-bond donors (Lipinski definition) is 0. The minimum atomic E-state index is 0.0858. The Hall–Kier alpha value is -1.77. The molecule has 0 heterocycles. The van der Waals surface area contributed by atoms with Crippen LogP contribution in [0.4, 0.5) is 0 Å². The number of benzene rings is 3. The summed E-state index contributed by atoms with van der Waals surface area (Å²) in [5.41, 5.74) is 2.66. The van der Waals surface area contributed by atoms with Crippen LogP contribution in [-0.4, -0.2) is 0 Å². The van der Waals surface area contributed by atoms with Crippen molar-refractivity contribution in [2.24, 2.45) is 0 Å². The summed E-state index contributed by atoms with van der Waals surface area (Å²) in [5.74, 6) is 1.75. The summed E-state index contributed by atoms with van der Waals surface area (Å²) < 4.78 is 6.88. The summed E-state index contributed by atoms with van der Waals surface area (Å²) in [6.45, 7) is 4.56. The summed E-state index contributed by atoms with van der Waals surface area (Å²) in [5, 5.41) is 0.770. The highest BCUT2D eigenvalue weighted by atomic mass is 79.9. The fourth-order valence-electron chi connectivity index (χ4n) is 3.18. The van der Waals surface area contributed by atoms with Crippen molar-refractivity contribution in [3.05, 3.63) is 93.4 Å². The third-order valence-electron chi connectivity index (χ3n) is 4.85. The minimum Gasteiger partial charge on any atom is -0.457 e. The number of halogens is 2. The van der Waals surface area contributed by atoms with Crippen LogP contribution in [0, 0.1) is 0 Å². The third kappa shape index (κ3) is 5.60. The molecule has 0 saturated heterocycles. The van der Waals surface area contributed by atoms with Gasteiger partial charge in [0.15, 0.2) is 0 Å². The third-order valence-corrected chi connectivity index (χ3v) is 6.08. The second kappa shape index (κ2) is 8.95. The van der Waals surface area contributed by atoms with Crippen molar-refractivity contribution in [2.75, 3.05) is 0 Å². The molecule has 0 unspecified atom stereocenters. The van der Waals surface area contributed by atoms with E-state index in [4.69, 9.17) is 16.3 Å². The zero-order valence-corrected chi connectivity index (χ0v) is 18.1. The van der Waals surface area contributed by atoms with E-state index in [1.54, 1.807) is 0 Å². The average Bonchev–Trinajstić information content (AvgIpc) is 2.65. The van der Waals surface area contributed by atoms with Crippen molar-refractivity contribution in [3.8, 4) is 11.5 Å². The van der Waals surface area contributed by atoms with Crippen LogP contribution in [0.1, 0.15) is 37.8 Å². The van der Waals surface area contributed by atoms with Gasteiger partial charge in [-0.1, -0.05) is 61.8 Å². The van der Waals surface area contributed by atoms with Crippen molar-refractivity contribution in [2.45, 2.75) is 38.5 Å². The molecular formula is C24H24BrClO. The Bertz CT molecular complexity index is 890. The van der Waals surface area contributed by atoms with Gasteiger partial charge in [0.2, 0.25) is 0 Å². The van der Waals surface area contributed by atoms with E-state index < -0.39 is 0 Å². The smallest absolute Gasteiger partial charge is 0.127 e. The van der Waals surface area contributed by atoms with E-state index in [9.17, 15) is 0 Å². The van der Waals surface area contributed by atoms with Gasteiger partial charge in [0.1, 0.15) is 11.5 Å². The highest BCUT2D eigenvalue weighted by Gasteiger charge is 2.21. The predicted octanol–water partition coefficient (Wildman–Crippen LogP) is 8.20. The molecule has 0 saturated carbocycles. The first-order valence-corrected chi connectivity index (χ1v) is 10.4. The monoisotopic (exact) mass is 442 g/mol. The molecule has 3 aromatic rings. The Kier molecular flexibility index (Phi) is 6.62. The van der Waals surface area contributed by atoms with Gasteiger partial charge >= 0.3 is 0 Å². The van der Waals surface area contributed by atoms with Crippen molar-refractivity contribution in [1.82, 2.24) is 0 Å². The van der Waals surface area contributed by atoms with Crippen LogP contribution in [0.25, 0.3) is 0 Å². The molecule has 0 spiro atoms. The lowest BCUT2D eigenvalue weighted by Crippen LogP contribution is -2.17. The molecule has 0 fully saturated rings. The topological polar surface area (TPSA) is 9.23 Å². The fraction of sp³-hybridized carbons (Fsp3) is 0.250. The molecule has 3 heteroatoms. The largest absolute Gasteiger partial charge is 0.457 e. The zero-order chi connectivity index (χ0) is 19.3. The maximum absolute atomic E-state index is 6.27. The van der Waals surface area contributed by atoms with Crippen LogP contribution in [0.15, 0.2) is 77.3 Å². The summed E-state index contributed by atoms with van der Waals surface area (Å²) in [4.78, 5) is 0. The summed E-state index contributed by atoms with van der Waals surface area (Å²) >= 11 is 9.74. The van der Waals surface area contributed by atoms with Gasteiger partial charge in [0, 0.05) is 4.47 Å². The molecule has 0 N–H and O–H groups in total. The summed E-state index contributed by atoms with van der Waals surface area (Å²) in [6, 6.07) is 24.5. The SMILES string of the molecule is CC(C)(CCCc1cccc(Oc2ccccc2)c1)c1ccc(Br)c(Cl)c1. The Morgan fingerprint density at radius 2 is 1.63 bits per heavy atom.